The van der Waals surface area contributed by atoms with Gasteiger partial charge in [-0.2, -0.15) is 0 Å². The van der Waals surface area contributed by atoms with E-state index in [0.717, 1.165) is 19.4 Å². The second-order valence-electron chi connectivity index (χ2n) is 5.65. The molecule has 0 aromatic heterocycles. The van der Waals surface area contributed by atoms with Crippen LogP contribution in [0.15, 0.2) is 30.3 Å². The first-order valence-corrected chi connectivity index (χ1v) is 7.14. The van der Waals surface area contributed by atoms with Gasteiger partial charge in [-0.05, 0) is 32.5 Å². The highest BCUT2D eigenvalue weighted by Gasteiger charge is 2.30. The van der Waals surface area contributed by atoms with Gasteiger partial charge in [0, 0.05) is 18.6 Å². The molecule has 3 heteroatoms. The summed E-state index contributed by atoms with van der Waals surface area (Å²) >= 11 is 0. The van der Waals surface area contributed by atoms with E-state index in [1.165, 1.54) is 24.8 Å². The van der Waals surface area contributed by atoms with Crippen LogP contribution in [0.3, 0.4) is 0 Å². The van der Waals surface area contributed by atoms with Gasteiger partial charge in [-0.15, -0.1) is 0 Å². The Balaban J connectivity index is 2.09. The van der Waals surface area contributed by atoms with Gasteiger partial charge in [-0.3, -0.25) is 4.79 Å². The normalized spacial score (nSPS) is 23.3. The molecule has 1 aliphatic carbocycles. The summed E-state index contributed by atoms with van der Waals surface area (Å²) in [5, 5.41) is 0. The van der Waals surface area contributed by atoms with Gasteiger partial charge in [0.25, 0.3) is 0 Å². The smallest absolute Gasteiger partial charge is 0.210 e. The lowest BCUT2D eigenvalue weighted by Gasteiger charge is -2.41. The summed E-state index contributed by atoms with van der Waals surface area (Å²) < 4.78 is 0. The largest absolute Gasteiger partial charge is 0.336 e. The Hall–Kier alpha value is -1.35. The minimum Gasteiger partial charge on any atom is -0.336 e. The second-order valence-corrected chi connectivity index (χ2v) is 5.65. The fraction of sp³-hybridized carbons (Fsp3) is 0.562. The van der Waals surface area contributed by atoms with E-state index in [0.29, 0.717) is 12.1 Å². The van der Waals surface area contributed by atoms with Crippen LogP contribution in [0.25, 0.3) is 0 Å². The number of carbonyl (C=O) groups excluding carboxylic acids is 1. The van der Waals surface area contributed by atoms with E-state index in [1.807, 2.05) is 23.1 Å². The van der Waals surface area contributed by atoms with Crippen LogP contribution >= 0.6 is 0 Å². The van der Waals surface area contributed by atoms with E-state index < -0.39 is 0 Å². The number of benzene rings is 1. The van der Waals surface area contributed by atoms with Crippen molar-refractivity contribution in [1.82, 2.24) is 9.80 Å². The third-order valence-electron chi connectivity index (χ3n) is 4.13. The molecule has 0 radical (unpaired) electrons. The third kappa shape index (κ3) is 3.57. The number of hydrogen-bond acceptors (Lipinski definition) is 2. The summed E-state index contributed by atoms with van der Waals surface area (Å²) in [5.41, 5.74) is 1.21. The van der Waals surface area contributed by atoms with Gasteiger partial charge in [0.05, 0.1) is 0 Å². The monoisotopic (exact) mass is 260 g/mol. The fourth-order valence-corrected chi connectivity index (χ4v) is 3.11. The van der Waals surface area contributed by atoms with Gasteiger partial charge in [0.1, 0.15) is 0 Å². The van der Waals surface area contributed by atoms with Crippen molar-refractivity contribution >= 4 is 6.41 Å². The predicted molar refractivity (Wildman–Crippen MR) is 77.8 cm³/mol. The number of amides is 1. The molecule has 0 aliphatic heterocycles. The molecule has 0 N–H and O–H groups in total. The van der Waals surface area contributed by atoms with Crippen LogP contribution in [-0.2, 0) is 11.3 Å². The van der Waals surface area contributed by atoms with Crippen molar-refractivity contribution in [1.29, 1.82) is 0 Å². The van der Waals surface area contributed by atoms with Crippen molar-refractivity contribution in [3.8, 4) is 0 Å². The summed E-state index contributed by atoms with van der Waals surface area (Å²) in [5.74, 6) is 0. The van der Waals surface area contributed by atoms with Crippen molar-refractivity contribution in [2.45, 2.75) is 44.3 Å². The summed E-state index contributed by atoms with van der Waals surface area (Å²) in [4.78, 5) is 15.7. The number of rotatable bonds is 5. The Bertz CT molecular complexity index is 391. The van der Waals surface area contributed by atoms with E-state index in [4.69, 9.17) is 0 Å². The summed E-state index contributed by atoms with van der Waals surface area (Å²) in [6.45, 7) is 0.722. The lowest BCUT2D eigenvalue weighted by molar-refractivity contribution is -0.123. The lowest BCUT2D eigenvalue weighted by Crippen LogP contribution is -2.50. The van der Waals surface area contributed by atoms with E-state index in [2.05, 4.69) is 31.1 Å². The fourth-order valence-electron chi connectivity index (χ4n) is 3.11. The highest BCUT2D eigenvalue weighted by atomic mass is 16.1. The quantitative estimate of drug-likeness (QED) is 0.760. The molecule has 1 aromatic rings. The minimum atomic E-state index is 0.349. The first kappa shape index (κ1) is 14.1. The second kappa shape index (κ2) is 6.71. The molecule has 1 saturated carbocycles. The van der Waals surface area contributed by atoms with Gasteiger partial charge in [0.15, 0.2) is 0 Å². The SMILES string of the molecule is CN(C)[C@@H]1CCCC[C@H]1N(C=O)Cc1ccccc1. The Morgan fingerprint density at radius 1 is 1.11 bits per heavy atom. The molecule has 0 spiro atoms. The standard InChI is InChI=1S/C16H24N2O/c1-17(2)15-10-6-7-11-16(15)18(13-19)12-14-8-4-3-5-9-14/h3-5,8-9,13,15-16H,6-7,10-12H2,1-2H3/t15-,16-/m1/s1. The molecule has 0 unspecified atom stereocenters. The summed E-state index contributed by atoms with van der Waals surface area (Å²) in [6, 6.07) is 11.1. The molecule has 19 heavy (non-hydrogen) atoms. The maximum atomic E-state index is 11.5. The molecular formula is C16H24N2O. The van der Waals surface area contributed by atoms with Crippen LogP contribution in [0.5, 0.6) is 0 Å². The van der Waals surface area contributed by atoms with Crippen LogP contribution in [0.1, 0.15) is 31.2 Å². The van der Waals surface area contributed by atoms with Crippen molar-refractivity contribution in [2.75, 3.05) is 14.1 Å². The molecule has 0 bridgehead atoms. The molecule has 1 aliphatic rings. The Morgan fingerprint density at radius 2 is 1.74 bits per heavy atom. The first-order chi connectivity index (χ1) is 9.22. The van der Waals surface area contributed by atoms with Gasteiger partial charge >= 0.3 is 0 Å². The van der Waals surface area contributed by atoms with Crippen molar-refractivity contribution in [3.63, 3.8) is 0 Å². The van der Waals surface area contributed by atoms with Crippen LogP contribution in [0.2, 0.25) is 0 Å². The van der Waals surface area contributed by atoms with Gasteiger partial charge in [-0.1, -0.05) is 43.2 Å². The maximum Gasteiger partial charge on any atom is 0.210 e. The molecule has 1 amide bonds. The molecule has 0 heterocycles. The zero-order valence-corrected chi connectivity index (χ0v) is 12.0. The van der Waals surface area contributed by atoms with Gasteiger partial charge < -0.3 is 9.80 Å². The third-order valence-corrected chi connectivity index (χ3v) is 4.13. The average Bonchev–Trinajstić information content (AvgIpc) is 2.46. The molecular weight excluding hydrogens is 236 g/mol. The Labute approximate surface area is 116 Å². The molecule has 1 aromatic carbocycles. The summed E-state index contributed by atoms with van der Waals surface area (Å²) in [6.07, 6.45) is 5.84. The van der Waals surface area contributed by atoms with E-state index in [-0.39, 0.29) is 0 Å². The maximum absolute atomic E-state index is 11.5. The lowest BCUT2D eigenvalue weighted by atomic mass is 9.88. The number of nitrogens with zero attached hydrogens (tertiary/aromatic N) is 2. The van der Waals surface area contributed by atoms with Crippen LogP contribution in [0, 0.1) is 0 Å². The van der Waals surface area contributed by atoms with Crippen molar-refractivity contribution < 1.29 is 4.79 Å². The molecule has 3 nitrogen and oxygen atoms in total. The Kier molecular flexibility index (Phi) is 4.97. The van der Waals surface area contributed by atoms with E-state index >= 15 is 0 Å². The highest BCUT2D eigenvalue weighted by Crippen LogP contribution is 2.26. The molecule has 2 atom stereocenters. The molecule has 2 rings (SSSR count). The molecule has 0 saturated heterocycles. The number of hydrogen-bond donors (Lipinski definition) is 0. The minimum absolute atomic E-state index is 0.349. The van der Waals surface area contributed by atoms with Gasteiger partial charge in [0.2, 0.25) is 6.41 Å². The number of likely N-dealkylation sites (N-methyl/N-ethyl adjacent to an activating group) is 1. The molecule has 1 fully saturated rings. The Morgan fingerprint density at radius 3 is 2.32 bits per heavy atom. The van der Waals surface area contributed by atoms with Crippen LogP contribution < -0.4 is 0 Å². The zero-order valence-electron chi connectivity index (χ0n) is 12.0. The average molecular weight is 260 g/mol. The number of carbonyl (C=O) groups is 1. The highest BCUT2D eigenvalue weighted by molar-refractivity contribution is 5.48. The zero-order chi connectivity index (χ0) is 13.7. The van der Waals surface area contributed by atoms with Crippen molar-refractivity contribution in [3.05, 3.63) is 35.9 Å². The predicted octanol–water partition coefficient (Wildman–Crippen LogP) is 2.52. The van der Waals surface area contributed by atoms with Crippen LogP contribution in [-0.4, -0.2) is 42.4 Å². The van der Waals surface area contributed by atoms with E-state index in [9.17, 15) is 4.79 Å². The van der Waals surface area contributed by atoms with Gasteiger partial charge in [-0.25, -0.2) is 0 Å². The topological polar surface area (TPSA) is 23.6 Å². The first-order valence-electron chi connectivity index (χ1n) is 7.14. The molecule has 104 valence electrons. The summed E-state index contributed by atoms with van der Waals surface area (Å²) in [7, 11) is 4.24. The van der Waals surface area contributed by atoms with Crippen LogP contribution in [0.4, 0.5) is 0 Å². The van der Waals surface area contributed by atoms with Crippen molar-refractivity contribution in [2.24, 2.45) is 0 Å². The van der Waals surface area contributed by atoms with E-state index in [1.54, 1.807) is 0 Å².